The highest BCUT2D eigenvalue weighted by molar-refractivity contribution is 7.80. The molecular formula is C28H26F3N5O2S. The fraction of sp³-hybridized carbons (Fsp3) is 0.250. The number of carbonyl (C=O) groups excluding carboxylic acids is 1. The number of fused-ring (bicyclic) bond motifs is 2. The molecule has 5 rings (SSSR count). The number of hydrazine groups is 1. The van der Waals surface area contributed by atoms with E-state index in [1.54, 1.807) is 11.1 Å². The number of halogens is 3. The summed E-state index contributed by atoms with van der Waals surface area (Å²) < 4.78 is 48.6. The predicted molar refractivity (Wildman–Crippen MR) is 148 cm³/mol. The summed E-state index contributed by atoms with van der Waals surface area (Å²) in [4.78, 5) is 24.4. The van der Waals surface area contributed by atoms with Crippen LogP contribution < -0.4 is 20.1 Å². The van der Waals surface area contributed by atoms with Crippen LogP contribution in [0.3, 0.4) is 0 Å². The van der Waals surface area contributed by atoms with E-state index in [4.69, 9.17) is 4.74 Å². The Hall–Kier alpha value is -3.99. The minimum Gasteiger partial charge on any atom is -0.489 e. The van der Waals surface area contributed by atoms with Crippen LogP contribution in [0.5, 0.6) is 5.75 Å². The number of ether oxygens (including phenoxy) is 1. The number of benzene rings is 2. The van der Waals surface area contributed by atoms with E-state index in [1.807, 2.05) is 36.1 Å². The van der Waals surface area contributed by atoms with Crippen molar-refractivity contribution in [2.24, 2.45) is 0 Å². The smallest absolute Gasteiger partial charge is 0.273 e. The van der Waals surface area contributed by atoms with Gasteiger partial charge < -0.3 is 9.64 Å². The third kappa shape index (κ3) is 5.18. The number of amides is 1. The molecule has 3 heterocycles. The number of pyridine rings is 2. The van der Waals surface area contributed by atoms with Crippen molar-refractivity contribution in [2.45, 2.75) is 13.3 Å². The summed E-state index contributed by atoms with van der Waals surface area (Å²) in [7, 11) is 0. The third-order valence-electron chi connectivity index (χ3n) is 6.39. The molecular weight excluding hydrogens is 527 g/mol. The average molecular weight is 554 g/mol. The lowest BCUT2D eigenvalue weighted by Gasteiger charge is -2.32. The monoisotopic (exact) mass is 553 g/mol. The molecule has 7 nitrogen and oxygen atoms in total. The Bertz CT molecular complexity index is 1530. The molecule has 2 aromatic carbocycles. The van der Waals surface area contributed by atoms with Gasteiger partial charge in [-0.2, -0.15) is 12.6 Å². The van der Waals surface area contributed by atoms with Gasteiger partial charge in [0.25, 0.3) is 5.91 Å². The molecule has 0 saturated carbocycles. The number of aromatic nitrogens is 2. The van der Waals surface area contributed by atoms with Gasteiger partial charge in [-0.1, -0.05) is 19.1 Å². The van der Waals surface area contributed by atoms with Gasteiger partial charge in [-0.25, -0.2) is 13.2 Å². The minimum absolute atomic E-state index is 0.0268. The number of hydrogen-bond acceptors (Lipinski definition) is 7. The molecule has 1 aliphatic rings. The molecule has 2 aromatic heterocycles. The quantitative estimate of drug-likeness (QED) is 0.225. The first-order valence-corrected chi connectivity index (χ1v) is 13.1. The Morgan fingerprint density at radius 2 is 1.97 bits per heavy atom. The summed E-state index contributed by atoms with van der Waals surface area (Å²) in [6, 6.07) is 10.4. The predicted octanol–water partition coefficient (Wildman–Crippen LogP) is 5.40. The van der Waals surface area contributed by atoms with Crippen molar-refractivity contribution in [1.82, 2.24) is 15.4 Å². The highest BCUT2D eigenvalue weighted by Gasteiger charge is 2.26. The number of thiol groups is 1. The zero-order valence-electron chi connectivity index (χ0n) is 21.1. The van der Waals surface area contributed by atoms with Crippen LogP contribution in [-0.2, 0) is 0 Å². The molecule has 4 aromatic rings. The number of para-hydroxylation sites is 2. The molecule has 0 unspecified atom stereocenters. The maximum Gasteiger partial charge on any atom is 0.273 e. The SMILES string of the molecule is CCCN(CCS)c1c(C(=O)NN2CCOc3ccccc32)cnc2c(-c3cc(F)cc(F)c3F)nccc12. The Morgan fingerprint density at radius 3 is 2.77 bits per heavy atom. The largest absolute Gasteiger partial charge is 0.489 e. The van der Waals surface area contributed by atoms with Gasteiger partial charge in [0.1, 0.15) is 18.2 Å². The number of carbonyl (C=O) groups is 1. The molecule has 0 spiro atoms. The molecule has 0 aliphatic carbocycles. The van der Waals surface area contributed by atoms with Crippen molar-refractivity contribution < 1.29 is 22.7 Å². The fourth-order valence-corrected chi connectivity index (χ4v) is 4.98. The molecule has 0 bridgehead atoms. The van der Waals surface area contributed by atoms with Gasteiger partial charge in [0.15, 0.2) is 11.6 Å². The van der Waals surface area contributed by atoms with Gasteiger partial charge in [0, 0.05) is 48.3 Å². The zero-order chi connectivity index (χ0) is 27.5. The maximum absolute atomic E-state index is 14.8. The highest BCUT2D eigenvalue weighted by Crippen LogP contribution is 2.36. The molecule has 39 heavy (non-hydrogen) atoms. The molecule has 0 saturated heterocycles. The van der Waals surface area contributed by atoms with E-state index in [1.165, 1.54) is 12.4 Å². The summed E-state index contributed by atoms with van der Waals surface area (Å²) in [5.41, 5.74) is 4.35. The lowest BCUT2D eigenvalue weighted by molar-refractivity contribution is 0.0945. The van der Waals surface area contributed by atoms with Gasteiger partial charge in [-0.15, -0.1) is 0 Å². The normalized spacial score (nSPS) is 12.7. The minimum atomic E-state index is -1.33. The molecule has 0 fully saturated rings. The first kappa shape index (κ1) is 26.6. The second-order valence-electron chi connectivity index (χ2n) is 8.94. The Balaban J connectivity index is 1.65. The van der Waals surface area contributed by atoms with Gasteiger partial charge in [0.2, 0.25) is 0 Å². The Kier molecular flexibility index (Phi) is 7.78. The third-order valence-corrected chi connectivity index (χ3v) is 6.59. The van der Waals surface area contributed by atoms with Crippen LogP contribution in [0.4, 0.5) is 24.5 Å². The molecule has 11 heteroatoms. The average Bonchev–Trinajstić information content (AvgIpc) is 2.94. The van der Waals surface area contributed by atoms with E-state index in [9.17, 15) is 18.0 Å². The van der Waals surface area contributed by atoms with E-state index in [0.29, 0.717) is 54.9 Å². The molecule has 1 N–H and O–H groups in total. The second-order valence-corrected chi connectivity index (χ2v) is 9.39. The van der Waals surface area contributed by atoms with Crippen LogP contribution in [0, 0.1) is 17.5 Å². The molecule has 0 radical (unpaired) electrons. The Morgan fingerprint density at radius 1 is 1.15 bits per heavy atom. The van der Waals surface area contributed by atoms with Crippen molar-refractivity contribution in [3.8, 4) is 17.0 Å². The molecule has 0 atom stereocenters. The van der Waals surface area contributed by atoms with Crippen LogP contribution in [0.2, 0.25) is 0 Å². The van der Waals surface area contributed by atoms with E-state index in [0.717, 1.165) is 18.2 Å². The van der Waals surface area contributed by atoms with E-state index >= 15 is 0 Å². The van der Waals surface area contributed by atoms with E-state index in [2.05, 4.69) is 28.0 Å². The number of rotatable bonds is 8. The van der Waals surface area contributed by atoms with Crippen LogP contribution in [0.25, 0.3) is 22.2 Å². The van der Waals surface area contributed by atoms with Crippen LogP contribution in [0.15, 0.2) is 54.9 Å². The first-order chi connectivity index (χ1) is 18.9. The Labute approximate surface area is 229 Å². The summed E-state index contributed by atoms with van der Waals surface area (Å²) in [5, 5.41) is 2.22. The van der Waals surface area contributed by atoms with E-state index < -0.39 is 23.4 Å². The fourth-order valence-electron chi connectivity index (χ4n) is 4.74. The van der Waals surface area contributed by atoms with Crippen molar-refractivity contribution in [2.75, 3.05) is 41.9 Å². The standard InChI is InChI=1S/C28H26F3N5O2S/c1-2-9-35(11-13-39)27-18-7-8-32-26(19-14-17(29)15-21(30)24(19)31)25(18)33-16-20(27)28(37)34-36-10-12-38-23-6-4-3-5-22(23)36/h3-8,14-16,39H,2,9-13H2,1H3,(H,34,37). The summed E-state index contributed by atoms with van der Waals surface area (Å²) in [6.07, 6.45) is 3.58. The molecule has 1 aliphatic heterocycles. The maximum atomic E-state index is 14.8. The van der Waals surface area contributed by atoms with Gasteiger partial charge in [-0.05, 0) is 30.7 Å². The van der Waals surface area contributed by atoms with Crippen molar-refractivity contribution in [3.05, 3.63) is 77.9 Å². The van der Waals surface area contributed by atoms with Crippen molar-refractivity contribution in [1.29, 1.82) is 0 Å². The van der Waals surface area contributed by atoms with Gasteiger partial charge in [0.05, 0.1) is 34.7 Å². The van der Waals surface area contributed by atoms with Crippen molar-refractivity contribution >= 4 is 40.8 Å². The first-order valence-electron chi connectivity index (χ1n) is 12.5. The van der Waals surface area contributed by atoms with Gasteiger partial charge >= 0.3 is 0 Å². The summed E-state index contributed by atoms with van der Waals surface area (Å²) in [6.45, 7) is 3.95. The van der Waals surface area contributed by atoms with Crippen LogP contribution in [0.1, 0.15) is 23.7 Å². The van der Waals surface area contributed by atoms with E-state index in [-0.39, 0.29) is 22.3 Å². The second kappa shape index (κ2) is 11.4. The number of hydrogen-bond donors (Lipinski definition) is 2. The van der Waals surface area contributed by atoms with Crippen LogP contribution in [-0.4, -0.2) is 47.9 Å². The van der Waals surface area contributed by atoms with Gasteiger partial charge in [-0.3, -0.25) is 25.2 Å². The highest BCUT2D eigenvalue weighted by atomic mass is 32.1. The van der Waals surface area contributed by atoms with Crippen LogP contribution >= 0.6 is 12.6 Å². The van der Waals surface area contributed by atoms with Crippen molar-refractivity contribution in [3.63, 3.8) is 0 Å². The number of nitrogens with one attached hydrogen (secondary N) is 1. The lowest BCUT2D eigenvalue weighted by Crippen LogP contribution is -2.47. The summed E-state index contributed by atoms with van der Waals surface area (Å²) >= 11 is 4.41. The zero-order valence-corrected chi connectivity index (χ0v) is 22.0. The molecule has 1 amide bonds. The number of anilines is 2. The lowest BCUT2D eigenvalue weighted by atomic mass is 10.0. The summed E-state index contributed by atoms with van der Waals surface area (Å²) in [5.74, 6) is -2.74. The topological polar surface area (TPSA) is 70.6 Å². The molecule has 202 valence electrons. The number of nitrogens with zero attached hydrogens (tertiary/aromatic N) is 4.